The number of anilines is 3. The topological polar surface area (TPSA) is 79.8 Å². The van der Waals surface area contributed by atoms with Gasteiger partial charge in [-0.25, -0.2) is 9.97 Å². The first-order chi connectivity index (χ1) is 13.5. The van der Waals surface area contributed by atoms with Crippen LogP contribution in [0.25, 0.3) is 0 Å². The summed E-state index contributed by atoms with van der Waals surface area (Å²) in [6.07, 6.45) is 4.53. The van der Waals surface area contributed by atoms with E-state index in [0.717, 1.165) is 11.4 Å². The van der Waals surface area contributed by atoms with E-state index in [1.165, 1.54) is 0 Å². The lowest BCUT2D eigenvalue weighted by molar-refractivity contribution is -0.181. The van der Waals surface area contributed by atoms with Crippen LogP contribution in [0.4, 0.5) is 17.3 Å². The highest BCUT2D eigenvalue weighted by Crippen LogP contribution is 2.31. The van der Waals surface area contributed by atoms with Crippen molar-refractivity contribution in [2.45, 2.75) is 18.6 Å². The summed E-state index contributed by atoms with van der Waals surface area (Å²) in [7, 11) is 3.99. The van der Waals surface area contributed by atoms with Crippen molar-refractivity contribution in [3.8, 4) is 0 Å². The monoisotopic (exact) mass is 383 g/mol. The van der Waals surface area contributed by atoms with E-state index in [-0.39, 0.29) is 5.91 Å². The summed E-state index contributed by atoms with van der Waals surface area (Å²) in [4.78, 5) is 25.1. The standard InChI is InChI=1S/C20H25N5O3/c1-24(2)17-5-3-16(4-6-17)23-19-21-13-15(14-22-19)18(26)25-9-7-20(8-10-25)27-11-12-28-20/h3-6,13-14H,7-12H2,1-2H3,(H,21,22,23). The van der Waals surface area contributed by atoms with E-state index >= 15 is 0 Å². The number of rotatable bonds is 4. The van der Waals surface area contributed by atoms with Crippen molar-refractivity contribution in [1.82, 2.24) is 14.9 Å². The first-order valence-electron chi connectivity index (χ1n) is 9.48. The van der Waals surface area contributed by atoms with Gasteiger partial charge in [-0.2, -0.15) is 0 Å². The molecule has 0 aliphatic carbocycles. The Labute approximate surface area is 164 Å². The summed E-state index contributed by atoms with van der Waals surface area (Å²) < 4.78 is 11.4. The summed E-state index contributed by atoms with van der Waals surface area (Å²) in [6.45, 7) is 2.48. The smallest absolute Gasteiger partial charge is 0.256 e. The second kappa shape index (κ2) is 7.73. The average Bonchev–Trinajstić information content (AvgIpc) is 3.17. The lowest BCUT2D eigenvalue weighted by Gasteiger charge is -2.37. The van der Waals surface area contributed by atoms with Crippen LogP contribution in [0.3, 0.4) is 0 Å². The SMILES string of the molecule is CN(C)c1ccc(Nc2ncc(C(=O)N3CCC4(CC3)OCCO4)cn2)cc1. The number of carbonyl (C=O) groups excluding carboxylic acids is 1. The summed E-state index contributed by atoms with van der Waals surface area (Å²) >= 11 is 0. The molecule has 2 aliphatic rings. The molecule has 2 fully saturated rings. The molecule has 1 aromatic carbocycles. The highest BCUT2D eigenvalue weighted by Gasteiger charge is 2.40. The molecular formula is C20H25N5O3. The average molecular weight is 383 g/mol. The fourth-order valence-electron chi connectivity index (χ4n) is 3.49. The second-order valence-electron chi connectivity index (χ2n) is 7.26. The molecule has 1 N–H and O–H groups in total. The Balaban J connectivity index is 1.35. The molecule has 0 unspecified atom stereocenters. The largest absolute Gasteiger partial charge is 0.378 e. The van der Waals surface area contributed by atoms with E-state index in [4.69, 9.17) is 9.47 Å². The third-order valence-electron chi connectivity index (χ3n) is 5.16. The Kier molecular flexibility index (Phi) is 5.15. The number of aromatic nitrogens is 2. The number of hydrogen-bond acceptors (Lipinski definition) is 7. The summed E-state index contributed by atoms with van der Waals surface area (Å²) in [5.74, 6) is -0.0855. The van der Waals surface area contributed by atoms with E-state index in [1.54, 1.807) is 12.4 Å². The van der Waals surface area contributed by atoms with E-state index in [0.29, 0.717) is 50.7 Å². The molecule has 8 nitrogen and oxygen atoms in total. The zero-order valence-corrected chi connectivity index (χ0v) is 16.2. The molecule has 2 aromatic rings. The van der Waals surface area contributed by atoms with Crippen LogP contribution >= 0.6 is 0 Å². The van der Waals surface area contributed by atoms with Crippen LogP contribution in [-0.4, -0.2) is 67.0 Å². The molecule has 1 aromatic heterocycles. The van der Waals surface area contributed by atoms with Gasteiger partial charge in [0.15, 0.2) is 5.79 Å². The van der Waals surface area contributed by atoms with Gasteiger partial charge in [0.05, 0.1) is 18.8 Å². The summed E-state index contributed by atoms with van der Waals surface area (Å²) in [6, 6.07) is 7.96. The minimum atomic E-state index is -0.483. The molecular weight excluding hydrogens is 358 g/mol. The predicted octanol–water partition coefficient (Wildman–Crippen LogP) is 2.27. The number of nitrogens with one attached hydrogen (secondary N) is 1. The van der Waals surface area contributed by atoms with Crippen molar-refractivity contribution in [3.63, 3.8) is 0 Å². The molecule has 0 atom stereocenters. The molecule has 28 heavy (non-hydrogen) atoms. The molecule has 8 heteroatoms. The summed E-state index contributed by atoms with van der Waals surface area (Å²) in [5.41, 5.74) is 2.49. The van der Waals surface area contributed by atoms with Gasteiger partial charge < -0.3 is 24.6 Å². The molecule has 1 amide bonds. The number of benzene rings is 1. The fraction of sp³-hybridized carbons (Fsp3) is 0.450. The van der Waals surface area contributed by atoms with Crippen LogP contribution in [0.2, 0.25) is 0 Å². The number of hydrogen-bond donors (Lipinski definition) is 1. The molecule has 148 valence electrons. The molecule has 1 spiro atoms. The Morgan fingerprint density at radius 3 is 2.25 bits per heavy atom. The lowest BCUT2D eigenvalue weighted by Crippen LogP contribution is -2.47. The molecule has 0 saturated carbocycles. The van der Waals surface area contributed by atoms with Crippen molar-refractivity contribution in [3.05, 3.63) is 42.2 Å². The normalized spacial score (nSPS) is 18.3. The zero-order valence-electron chi connectivity index (χ0n) is 16.2. The number of ether oxygens (including phenoxy) is 2. The van der Waals surface area contributed by atoms with Crippen LogP contribution in [0.5, 0.6) is 0 Å². The van der Waals surface area contributed by atoms with Crippen LogP contribution in [-0.2, 0) is 9.47 Å². The van der Waals surface area contributed by atoms with Crippen molar-refractivity contribution in [2.24, 2.45) is 0 Å². The van der Waals surface area contributed by atoms with Gasteiger partial charge in [0.1, 0.15) is 0 Å². The van der Waals surface area contributed by atoms with Crippen LogP contribution in [0.1, 0.15) is 23.2 Å². The van der Waals surface area contributed by atoms with Gasteiger partial charge >= 0.3 is 0 Å². The van der Waals surface area contributed by atoms with E-state index in [1.807, 2.05) is 48.2 Å². The minimum Gasteiger partial charge on any atom is -0.378 e. The molecule has 2 aliphatic heterocycles. The van der Waals surface area contributed by atoms with E-state index in [2.05, 4.69) is 15.3 Å². The molecule has 3 heterocycles. The minimum absolute atomic E-state index is 0.0604. The first-order valence-corrected chi connectivity index (χ1v) is 9.48. The fourth-order valence-corrected chi connectivity index (χ4v) is 3.49. The van der Waals surface area contributed by atoms with Crippen molar-refractivity contribution < 1.29 is 14.3 Å². The number of carbonyl (C=O) groups is 1. The number of likely N-dealkylation sites (tertiary alicyclic amines) is 1. The lowest BCUT2D eigenvalue weighted by atomic mass is 10.0. The maximum atomic E-state index is 12.7. The highest BCUT2D eigenvalue weighted by atomic mass is 16.7. The van der Waals surface area contributed by atoms with Gasteiger partial charge in [0, 0.05) is 63.8 Å². The van der Waals surface area contributed by atoms with Crippen LogP contribution in [0.15, 0.2) is 36.7 Å². The predicted molar refractivity (Wildman–Crippen MR) is 106 cm³/mol. The quantitative estimate of drug-likeness (QED) is 0.867. The molecule has 2 saturated heterocycles. The first kappa shape index (κ1) is 18.6. The number of amides is 1. The molecule has 0 bridgehead atoms. The van der Waals surface area contributed by atoms with Gasteiger partial charge in [0.25, 0.3) is 5.91 Å². The van der Waals surface area contributed by atoms with Crippen LogP contribution in [0, 0.1) is 0 Å². The maximum Gasteiger partial charge on any atom is 0.256 e. The van der Waals surface area contributed by atoms with Gasteiger partial charge in [-0.1, -0.05) is 0 Å². The zero-order chi connectivity index (χ0) is 19.6. The van der Waals surface area contributed by atoms with Gasteiger partial charge in [-0.05, 0) is 24.3 Å². The van der Waals surface area contributed by atoms with E-state index < -0.39 is 5.79 Å². The molecule has 0 radical (unpaired) electrons. The van der Waals surface area contributed by atoms with Crippen molar-refractivity contribution in [2.75, 3.05) is 50.6 Å². The van der Waals surface area contributed by atoms with Gasteiger partial charge in [0.2, 0.25) is 5.95 Å². The molecule has 4 rings (SSSR count). The van der Waals surface area contributed by atoms with Crippen LogP contribution < -0.4 is 10.2 Å². The van der Waals surface area contributed by atoms with Gasteiger partial charge in [-0.3, -0.25) is 4.79 Å². The third-order valence-corrected chi connectivity index (χ3v) is 5.16. The van der Waals surface area contributed by atoms with Crippen molar-refractivity contribution in [1.29, 1.82) is 0 Å². The highest BCUT2D eigenvalue weighted by molar-refractivity contribution is 5.93. The maximum absolute atomic E-state index is 12.7. The van der Waals surface area contributed by atoms with E-state index in [9.17, 15) is 4.79 Å². The Morgan fingerprint density at radius 2 is 1.68 bits per heavy atom. The summed E-state index contributed by atoms with van der Waals surface area (Å²) in [5, 5.41) is 3.15. The van der Waals surface area contributed by atoms with Gasteiger partial charge in [-0.15, -0.1) is 0 Å². The Morgan fingerprint density at radius 1 is 1.07 bits per heavy atom. The Bertz CT molecular complexity index is 807. The third kappa shape index (κ3) is 3.93. The Hall–Kier alpha value is -2.71. The number of nitrogens with zero attached hydrogens (tertiary/aromatic N) is 4. The number of piperidine rings is 1. The second-order valence-corrected chi connectivity index (χ2v) is 7.26. The van der Waals surface area contributed by atoms with Crippen molar-refractivity contribution >= 4 is 23.2 Å².